The summed E-state index contributed by atoms with van der Waals surface area (Å²) in [6, 6.07) is 6.57. The molecule has 2 rings (SSSR count). The van der Waals surface area contributed by atoms with Crippen molar-refractivity contribution >= 4 is 6.01 Å². The molecule has 0 bridgehead atoms. The molecular formula is C13H17FN4O. The van der Waals surface area contributed by atoms with Gasteiger partial charge in [0.15, 0.2) is 0 Å². The molecule has 0 amide bonds. The Kier molecular flexibility index (Phi) is 4.11. The van der Waals surface area contributed by atoms with Crippen LogP contribution in [0.2, 0.25) is 0 Å². The number of nitrogens with one attached hydrogen (secondary N) is 1. The van der Waals surface area contributed by atoms with Crippen molar-refractivity contribution in [2.24, 2.45) is 5.73 Å². The number of benzene rings is 1. The molecular weight excluding hydrogens is 247 g/mol. The molecule has 2 aromatic rings. The molecule has 1 heterocycles. The predicted molar refractivity (Wildman–Crippen MR) is 70.1 cm³/mol. The number of rotatable bonds is 5. The van der Waals surface area contributed by atoms with Crippen molar-refractivity contribution in [1.82, 2.24) is 10.2 Å². The fraction of sp³-hybridized carbons (Fsp3) is 0.385. The van der Waals surface area contributed by atoms with Gasteiger partial charge in [-0.3, -0.25) is 0 Å². The minimum Gasteiger partial charge on any atom is -0.406 e. The molecule has 0 saturated carbocycles. The smallest absolute Gasteiger partial charge is 0.315 e. The summed E-state index contributed by atoms with van der Waals surface area (Å²) < 4.78 is 18.1. The highest BCUT2D eigenvalue weighted by molar-refractivity contribution is 5.23. The first-order valence-corrected chi connectivity index (χ1v) is 6.14. The van der Waals surface area contributed by atoms with Gasteiger partial charge in [0, 0.05) is 6.04 Å². The van der Waals surface area contributed by atoms with E-state index in [1.807, 2.05) is 6.92 Å². The number of hydrogen-bond acceptors (Lipinski definition) is 5. The lowest BCUT2D eigenvalue weighted by Crippen LogP contribution is -2.18. The van der Waals surface area contributed by atoms with Gasteiger partial charge in [0.1, 0.15) is 5.82 Å². The van der Waals surface area contributed by atoms with Crippen molar-refractivity contribution in [1.29, 1.82) is 0 Å². The molecule has 5 nitrogen and oxygen atoms in total. The fourth-order valence-corrected chi connectivity index (χ4v) is 1.71. The Balaban J connectivity index is 1.93. The first kappa shape index (κ1) is 13.5. The summed E-state index contributed by atoms with van der Waals surface area (Å²) in [7, 11) is 0. The van der Waals surface area contributed by atoms with Crippen LogP contribution in [0.15, 0.2) is 28.7 Å². The third-order valence-electron chi connectivity index (χ3n) is 2.66. The Bertz CT molecular complexity index is 524. The van der Waals surface area contributed by atoms with E-state index in [0.29, 0.717) is 11.9 Å². The molecule has 0 aliphatic carbocycles. The van der Waals surface area contributed by atoms with E-state index in [0.717, 1.165) is 12.0 Å². The normalized spacial score (nSPS) is 14.1. The third kappa shape index (κ3) is 3.75. The van der Waals surface area contributed by atoms with Gasteiger partial charge in [-0.1, -0.05) is 17.2 Å². The average molecular weight is 264 g/mol. The first-order valence-electron chi connectivity index (χ1n) is 6.14. The highest BCUT2D eigenvalue weighted by Crippen LogP contribution is 2.13. The molecule has 0 spiro atoms. The molecule has 2 unspecified atom stereocenters. The lowest BCUT2D eigenvalue weighted by Gasteiger charge is -2.11. The number of nitrogens with two attached hydrogens (primary N) is 1. The quantitative estimate of drug-likeness (QED) is 0.866. The number of halogens is 1. The second kappa shape index (κ2) is 5.79. The fourth-order valence-electron chi connectivity index (χ4n) is 1.71. The highest BCUT2D eigenvalue weighted by atomic mass is 19.1. The molecule has 0 radical (unpaired) electrons. The van der Waals surface area contributed by atoms with E-state index < -0.39 is 0 Å². The van der Waals surface area contributed by atoms with Gasteiger partial charge < -0.3 is 15.5 Å². The van der Waals surface area contributed by atoms with Crippen LogP contribution >= 0.6 is 0 Å². The molecule has 102 valence electrons. The second-order valence-electron chi connectivity index (χ2n) is 4.61. The summed E-state index contributed by atoms with van der Waals surface area (Å²) in [6.45, 7) is 3.76. The predicted octanol–water partition coefficient (Wildman–Crippen LogP) is 2.27. The highest BCUT2D eigenvalue weighted by Gasteiger charge is 2.12. The molecule has 0 saturated heterocycles. The van der Waals surface area contributed by atoms with Crippen molar-refractivity contribution < 1.29 is 8.81 Å². The lowest BCUT2D eigenvalue weighted by molar-refractivity contribution is 0.469. The van der Waals surface area contributed by atoms with Crippen LogP contribution in [0, 0.1) is 5.82 Å². The van der Waals surface area contributed by atoms with Gasteiger partial charge in [0.2, 0.25) is 5.89 Å². The Morgan fingerprint density at radius 1 is 1.26 bits per heavy atom. The van der Waals surface area contributed by atoms with Gasteiger partial charge in [0.05, 0.1) is 6.04 Å². The Morgan fingerprint density at radius 2 is 1.95 bits per heavy atom. The van der Waals surface area contributed by atoms with Gasteiger partial charge in [-0.25, -0.2) is 4.39 Å². The van der Waals surface area contributed by atoms with Crippen LogP contribution in [0.4, 0.5) is 10.4 Å². The summed E-state index contributed by atoms with van der Waals surface area (Å²) in [5.41, 5.74) is 6.67. The van der Waals surface area contributed by atoms with E-state index in [9.17, 15) is 4.39 Å². The van der Waals surface area contributed by atoms with Crippen molar-refractivity contribution in [2.75, 3.05) is 5.32 Å². The number of aromatic nitrogens is 2. The maximum absolute atomic E-state index is 12.8. The Morgan fingerprint density at radius 3 is 2.53 bits per heavy atom. The summed E-state index contributed by atoms with van der Waals surface area (Å²) in [4.78, 5) is 0. The zero-order valence-corrected chi connectivity index (χ0v) is 10.9. The zero-order valence-electron chi connectivity index (χ0n) is 10.9. The second-order valence-corrected chi connectivity index (χ2v) is 4.61. The molecule has 2 atom stereocenters. The van der Waals surface area contributed by atoms with Crippen molar-refractivity contribution in [2.45, 2.75) is 32.4 Å². The summed E-state index contributed by atoms with van der Waals surface area (Å²) in [6.07, 6.45) is 0.732. The van der Waals surface area contributed by atoms with Crippen molar-refractivity contribution in [3.8, 4) is 0 Å². The monoisotopic (exact) mass is 264 g/mol. The molecule has 6 heteroatoms. The molecule has 1 aromatic carbocycles. The maximum Gasteiger partial charge on any atom is 0.315 e. The molecule has 19 heavy (non-hydrogen) atoms. The summed E-state index contributed by atoms with van der Waals surface area (Å²) in [5.74, 6) is 0.166. The van der Waals surface area contributed by atoms with Crippen molar-refractivity contribution in [3.05, 3.63) is 41.5 Å². The number of hydrogen-bond donors (Lipinski definition) is 2. The first-order chi connectivity index (χ1) is 9.04. The number of nitrogens with zero attached hydrogens (tertiary/aromatic N) is 2. The van der Waals surface area contributed by atoms with Gasteiger partial charge in [-0.05, 0) is 38.0 Å². The van der Waals surface area contributed by atoms with Crippen LogP contribution in [0.25, 0.3) is 0 Å². The average Bonchev–Trinajstić information content (AvgIpc) is 2.80. The Hall–Kier alpha value is -1.95. The van der Waals surface area contributed by atoms with Crippen molar-refractivity contribution in [3.63, 3.8) is 0 Å². The topological polar surface area (TPSA) is 77.0 Å². The van der Waals surface area contributed by atoms with E-state index in [4.69, 9.17) is 10.2 Å². The number of anilines is 1. The summed E-state index contributed by atoms with van der Waals surface area (Å²) in [5, 5.41) is 10.8. The molecule has 3 N–H and O–H groups in total. The standard InChI is InChI=1S/C13H17FN4O/c1-8(7-10-3-5-11(14)6-4-10)16-13-18-17-12(19-13)9(2)15/h3-6,8-9H,7,15H2,1-2H3,(H,16,18). The largest absolute Gasteiger partial charge is 0.406 e. The third-order valence-corrected chi connectivity index (χ3v) is 2.66. The zero-order chi connectivity index (χ0) is 13.8. The Labute approximate surface area is 111 Å². The van der Waals surface area contributed by atoms with E-state index in [1.165, 1.54) is 12.1 Å². The van der Waals surface area contributed by atoms with Crippen LogP contribution in [0.3, 0.4) is 0 Å². The van der Waals surface area contributed by atoms with Crippen LogP contribution in [-0.4, -0.2) is 16.2 Å². The SMILES string of the molecule is CC(Cc1ccc(F)cc1)Nc1nnc(C(C)N)o1. The van der Waals surface area contributed by atoms with E-state index in [1.54, 1.807) is 19.1 Å². The van der Waals surface area contributed by atoms with Gasteiger partial charge >= 0.3 is 6.01 Å². The van der Waals surface area contributed by atoms with Crippen LogP contribution in [-0.2, 0) is 6.42 Å². The maximum atomic E-state index is 12.8. The van der Waals surface area contributed by atoms with Gasteiger partial charge in [-0.15, -0.1) is 5.10 Å². The van der Waals surface area contributed by atoms with E-state index >= 15 is 0 Å². The van der Waals surface area contributed by atoms with Gasteiger partial charge in [0.25, 0.3) is 0 Å². The minimum atomic E-state index is -0.282. The van der Waals surface area contributed by atoms with E-state index in [2.05, 4.69) is 15.5 Å². The van der Waals surface area contributed by atoms with Crippen LogP contribution < -0.4 is 11.1 Å². The summed E-state index contributed by atoms with van der Waals surface area (Å²) >= 11 is 0. The molecule has 1 aromatic heterocycles. The lowest BCUT2D eigenvalue weighted by atomic mass is 10.1. The minimum absolute atomic E-state index is 0.0897. The van der Waals surface area contributed by atoms with Crippen LogP contribution in [0.5, 0.6) is 0 Å². The van der Waals surface area contributed by atoms with Gasteiger partial charge in [-0.2, -0.15) is 0 Å². The molecule has 0 aliphatic heterocycles. The van der Waals surface area contributed by atoms with E-state index in [-0.39, 0.29) is 17.9 Å². The van der Waals surface area contributed by atoms with Crippen LogP contribution in [0.1, 0.15) is 31.3 Å². The molecule has 0 fully saturated rings. The molecule has 0 aliphatic rings.